The highest BCUT2D eigenvalue weighted by molar-refractivity contribution is 8.00. The third kappa shape index (κ3) is 5.06. The van der Waals surface area contributed by atoms with Crippen LogP contribution in [0.4, 0.5) is 4.39 Å². The van der Waals surface area contributed by atoms with Crippen LogP contribution in [0.1, 0.15) is 46.5 Å². The van der Waals surface area contributed by atoms with Crippen LogP contribution in [0.15, 0.2) is 0 Å². The predicted molar refractivity (Wildman–Crippen MR) is 76.1 cm³/mol. The Hall–Kier alpha value is 0.200. The van der Waals surface area contributed by atoms with Gasteiger partial charge in [-0.3, -0.25) is 0 Å². The zero-order valence-electron chi connectivity index (χ0n) is 11.9. The molecule has 1 aliphatic heterocycles. The summed E-state index contributed by atoms with van der Waals surface area (Å²) >= 11 is 1.67. The highest BCUT2D eigenvalue weighted by Crippen LogP contribution is 2.38. The maximum atomic E-state index is 14.0. The van der Waals surface area contributed by atoms with Gasteiger partial charge in [-0.25, -0.2) is 4.39 Å². The van der Waals surface area contributed by atoms with Crippen LogP contribution < -0.4 is 0 Å². The van der Waals surface area contributed by atoms with Crippen molar-refractivity contribution in [3.63, 3.8) is 0 Å². The molecule has 1 heterocycles. The minimum Gasteiger partial charge on any atom is -0.380 e. The number of ether oxygens (including phenoxy) is 2. The van der Waals surface area contributed by atoms with Gasteiger partial charge in [0.15, 0.2) is 0 Å². The molecule has 0 aliphatic carbocycles. The smallest absolute Gasteiger partial charge is 0.139 e. The van der Waals surface area contributed by atoms with Gasteiger partial charge in [-0.2, -0.15) is 0 Å². The number of halogens is 1. The van der Waals surface area contributed by atoms with Gasteiger partial charge in [0.05, 0.1) is 11.9 Å². The maximum Gasteiger partial charge on any atom is 0.139 e. The van der Waals surface area contributed by atoms with Gasteiger partial charge >= 0.3 is 0 Å². The van der Waals surface area contributed by atoms with Crippen LogP contribution in [-0.2, 0) is 9.47 Å². The molecule has 1 saturated heterocycles. The van der Waals surface area contributed by atoms with Crippen molar-refractivity contribution in [2.75, 3.05) is 19.8 Å². The highest BCUT2D eigenvalue weighted by Gasteiger charge is 2.43. The predicted octanol–water partition coefficient (Wildman–Crippen LogP) is 3.83. The first-order valence-corrected chi connectivity index (χ1v) is 8.13. The Kier molecular flexibility index (Phi) is 8.27. The van der Waals surface area contributed by atoms with Crippen LogP contribution in [0, 0.1) is 0 Å². The highest BCUT2D eigenvalue weighted by atomic mass is 32.2. The van der Waals surface area contributed by atoms with Crippen LogP contribution >= 0.6 is 11.8 Å². The fourth-order valence-electron chi connectivity index (χ4n) is 2.04. The molecule has 0 aromatic rings. The number of unbranched alkanes of at least 4 members (excludes halogenated alkanes) is 2. The maximum absolute atomic E-state index is 14.0. The average Bonchev–Trinajstić information content (AvgIpc) is 2.63. The van der Waals surface area contributed by atoms with E-state index in [9.17, 15) is 4.39 Å². The lowest BCUT2D eigenvalue weighted by Gasteiger charge is -2.20. The van der Waals surface area contributed by atoms with E-state index in [0.717, 1.165) is 32.3 Å². The molecule has 1 unspecified atom stereocenters. The molecule has 0 aromatic heterocycles. The summed E-state index contributed by atoms with van der Waals surface area (Å²) in [5.41, 5.74) is 0. The van der Waals surface area contributed by atoms with Gasteiger partial charge in [0.1, 0.15) is 12.3 Å². The zero-order valence-corrected chi connectivity index (χ0v) is 12.7. The molecule has 0 saturated carbocycles. The molecule has 1 aliphatic rings. The second-order valence-corrected chi connectivity index (χ2v) is 6.56. The first-order valence-electron chi connectivity index (χ1n) is 7.19. The third-order valence-corrected chi connectivity index (χ3v) is 4.69. The van der Waals surface area contributed by atoms with E-state index in [1.165, 1.54) is 0 Å². The van der Waals surface area contributed by atoms with E-state index in [1.807, 2.05) is 6.92 Å². The summed E-state index contributed by atoms with van der Waals surface area (Å²) < 4.78 is 25.4. The second kappa shape index (κ2) is 9.16. The van der Waals surface area contributed by atoms with Gasteiger partial charge in [0, 0.05) is 18.5 Å². The summed E-state index contributed by atoms with van der Waals surface area (Å²) in [6.07, 6.45) is 3.17. The van der Waals surface area contributed by atoms with Gasteiger partial charge in [-0.15, -0.1) is 11.8 Å². The number of rotatable bonds is 9. The Morgan fingerprint density at radius 3 is 2.44 bits per heavy atom. The van der Waals surface area contributed by atoms with E-state index >= 15 is 0 Å². The summed E-state index contributed by atoms with van der Waals surface area (Å²) in [5.74, 6) is 0. The average molecular weight is 278 g/mol. The van der Waals surface area contributed by atoms with Crippen molar-refractivity contribution in [2.45, 2.75) is 69.2 Å². The second-order valence-electron chi connectivity index (χ2n) is 4.94. The van der Waals surface area contributed by atoms with Gasteiger partial charge < -0.3 is 9.47 Å². The molecule has 0 amide bonds. The fourth-order valence-corrected chi connectivity index (χ4v) is 3.46. The van der Waals surface area contributed by atoms with E-state index in [1.54, 1.807) is 11.8 Å². The topological polar surface area (TPSA) is 18.5 Å². The number of alkyl halides is 1. The van der Waals surface area contributed by atoms with E-state index < -0.39 is 6.17 Å². The molecule has 0 radical (unpaired) electrons. The molecular weight excluding hydrogens is 251 g/mol. The molecule has 0 N–H and O–H groups in total. The van der Waals surface area contributed by atoms with Crippen molar-refractivity contribution in [3.8, 4) is 0 Å². The quantitative estimate of drug-likeness (QED) is 0.597. The Balaban J connectivity index is 2.32. The van der Waals surface area contributed by atoms with Crippen molar-refractivity contribution in [3.05, 3.63) is 0 Å². The van der Waals surface area contributed by atoms with E-state index in [0.29, 0.717) is 13.2 Å². The first-order chi connectivity index (χ1) is 8.70. The molecule has 4 heteroatoms. The van der Waals surface area contributed by atoms with E-state index in [4.69, 9.17) is 9.47 Å². The number of hydrogen-bond donors (Lipinski definition) is 0. The lowest BCUT2D eigenvalue weighted by Crippen LogP contribution is -2.34. The summed E-state index contributed by atoms with van der Waals surface area (Å²) in [6.45, 7) is 8.27. The first kappa shape index (κ1) is 16.3. The molecule has 0 bridgehead atoms. The van der Waals surface area contributed by atoms with Crippen LogP contribution in [-0.4, -0.2) is 42.6 Å². The summed E-state index contributed by atoms with van der Waals surface area (Å²) in [5, 5.41) is 0.181. The minimum absolute atomic E-state index is 0.0244. The third-order valence-electron chi connectivity index (χ3n) is 3.25. The summed E-state index contributed by atoms with van der Waals surface area (Å²) in [7, 11) is 0. The Bertz CT molecular complexity index is 216. The van der Waals surface area contributed by atoms with Crippen LogP contribution in [0.5, 0.6) is 0 Å². The number of hydrogen-bond acceptors (Lipinski definition) is 3. The van der Waals surface area contributed by atoms with Gasteiger partial charge in [0.25, 0.3) is 0 Å². The van der Waals surface area contributed by atoms with Gasteiger partial charge in [0.2, 0.25) is 0 Å². The molecule has 108 valence electrons. The van der Waals surface area contributed by atoms with Crippen molar-refractivity contribution in [1.29, 1.82) is 0 Å². The number of thioether (sulfide) groups is 1. The zero-order chi connectivity index (χ0) is 13.4. The fraction of sp³-hybridized carbons (Fsp3) is 1.00. The van der Waals surface area contributed by atoms with Crippen molar-refractivity contribution in [2.24, 2.45) is 0 Å². The molecule has 1 fully saturated rings. The molecular formula is C14H27FO2S. The van der Waals surface area contributed by atoms with E-state index in [-0.39, 0.29) is 16.6 Å². The molecule has 1 rings (SSSR count). The molecule has 0 spiro atoms. The lowest BCUT2D eigenvalue weighted by molar-refractivity contribution is -0.0116. The Labute approximate surface area is 115 Å². The molecule has 4 atom stereocenters. The van der Waals surface area contributed by atoms with Crippen LogP contribution in [0.2, 0.25) is 0 Å². The van der Waals surface area contributed by atoms with Crippen molar-refractivity contribution in [1.82, 2.24) is 0 Å². The van der Waals surface area contributed by atoms with Crippen LogP contribution in [0.3, 0.4) is 0 Å². The largest absolute Gasteiger partial charge is 0.380 e. The lowest BCUT2D eigenvalue weighted by atomic mass is 10.1. The summed E-state index contributed by atoms with van der Waals surface area (Å²) in [4.78, 5) is 0. The standard InChI is InChI=1S/C14H27FO2S/c1-4-6-8-16-10-12-14(17-9-7-5-2)13(15)11(3)18-12/h11-14H,4-10H2,1-3H3/t11?,12-,13-,14-/m1/s1. The SMILES string of the molecule is CCCCOC[C@H]1SC(C)[C@@H](F)[C@@H]1OCCCC. The van der Waals surface area contributed by atoms with Crippen LogP contribution in [0.25, 0.3) is 0 Å². The molecule has 2 nitrogen and oxygen atoms in total. The van der Waals surface area contributed by atoms with Crippen molar-refractivity contribution < 1.29 is 13.9 Å². The minimum atomic E-state index is -0.855. The monoisotopic (exact) mass is 278 g/mol. The summed E-state index contributed by atoms with van der Waals surface area (Å²) in [6, 6.07) is 0. The molecule has 0 aromatic carbocycles. The Morgan fingerprint density at radius 2 is 1.78 bits per heavy atom. The Morgan fingerprint density at radius 1 is 1.11 bits per heavy atom. The van der Waals surface area contributed by atoms with Gasteiger partial charge in [-0.1, -0.05) is 33.6 Å². The molecule has 18 heavy (non-hydrogen) atoms. The van der Waals surface area contributed by atoms with E-state index in [2.05, 4.69) is 13.8 Å². The normalized spacial score (nSPS) is 32.0. The van der Waals surface area contributed by atoms with Crippen molar-refractivity contribution >= 4 is 11.8 Å². The van der Waals surface area contributed by atoms with Gasteiger partial charge in [-0.05, 0) is 12.8 Å².